The quantitative estimate of drug-likeness (QED) is 0.337. The SMILES string of the molecule is CC1CC2C3=C(CCCC3)C3=C(CC(C)(C)C3)C2C1CC1C(C)CC2C3=C(CCCC3)C3=C(CC(C)(C)C3)C21. The molecule has 8 aliphatic carbocycles. The summed E-state index contributed by atoms with van der Waals surface area (Å²) in [4.78, 5) is 0. The first kappa shape index (κ1) is 25.7. The monoisotopic (exact) mass is 524 g/mol. The van der Waals surface area contributed by atoms with Gasteiger partial charge in [-0.1, -0.05) is 63.8 Å². The molecule has 8 atom stereocenters. The number of fused-ring (bicyclic) bond motifs is 8. The molecule has 8 rings (SSSR count). The van der Waals surface area contributed by atoms with Crippen LogP contribution in [-0.4, -0.2) is 0 Å². The molecule has 0 saturated heterocycles. The van der Waals surface area contributed by atoms with Gasteiger partial charge in [-0.05, 0) is 177 Å². The van der Waals surface area contributed by atoms with Gasteiger partial charge >= 0.3 is 0 Å². The number of hydrogen-bond acceptors (Lipinski definition) is 0. The van der Waals surface area contributed by atoms with Crippen LogP contribution in [0.15, 0.2) is 44.6 Å². The molecule has 8 unspecified atom stereocenters. The highest BCUT2D eigenvalue weighted by Crippen LogP contribution is 2.66. The van der Waals surface area contributed by atoms with Crippen LogP contribution in [-0.2, 0) is 0 Å². The van der Waals surface area contributed by atoms with Crippen molar-refractivity contribution < 1.29 is 0 Å². The highest BCUT2D eigenvalue weighted by Gasteiger charge is 2.56. The molecule has 0 spiro atoms. The Kier molecular flexibility index (Phi) is 5.75. The van der Waals surface area contributed by atoms with Gasteiger partial charge in [-0.2, -0.15) is 0 Å². The van der Waals surface area contributed by atoms with Crippen molar-refractivity contribution in [2.75, 3.05) is 0 Å². The Morgan fingerprint density at radius 1 is 0.513 bits per heavy atom. The summed E-state index contributed by atoms with van der Waals surface area (Å²) in [5.41, 5.74) is 16.5. The average Bonchev–Trinajstić information content (AvgIpc) is 3.60. The maximum absolute atomic E-state index is 2.69. The minimum absolute atomic E-state index is 0.486. The molecule has 0 radical (unpaired) electrons. The van der Waals surface area contributed by atoms with Crippen LogP contribution in [0.2, 0.25) is 0 Å². The molecule has 2 saturated carbocycles. The first-order valence-electron chi connectivity index (χ1n) is 17.5. The zero-order chi connectivity index (χ0) is 26.8. The van der Waals surface area contributed by atoms with E-state index in [2.05, 4.69) is 41.5 Å². The molecule has 8 aliphatic rings. The minimum Gasteiger partial charge on any atom is -0.0630 e. The van der Waals surface area contributed by atoms with Crippen LogP contribution < -0.4 is 0 Å². The van der Waals surface area contributed by atoms with E-state index >= 15 is 0 Å². The van der Waals surface area contributed by atoms with Crippen molar-refractivity contribution in [1.82, 2.24) is 0 Å². The van der Waals surface area contributed by atoms with Crippen LogP contribution in [0.5, 0.6) is 0 Å². The second kappa shape index (κ2) is 8.74. The smallest absolute Gasteiger partial charge is 0.0100 e. The highest BCUT2D eigenvalue weighted by molar-refractivity contribution is 5.52. The van der Waals surface area contributed by atoms with Crippen molar-refractivity contribution in [3.63, 3.8) is 0 Å². The number of hydrogen-bond donors (Lipinski definition) is 0. The number of rotatable bonds is 2. The third kappa shape index (κ3) is 3.80. The van der Waals surface area contributed by atoms with E-state index in [0.717, 1.165) is 47.3 Å². The predicted octanol–water partition coefficient (Wildman–Crippen LogP) is 11.2. The molecule has 0 aromatic heterocycles. The largest absolute Gasteiger partial charge is 0.0630 e. The normalized spacial score (nSPS) is 43.8. The van der Waals surface area contributed by atoms with E-state index in [9.17, 15) is 0 Å². The van der Waals surface area contributed by atoms with Gasteiger partial charge in [0.1, 0.15) is 0 Å². The maximum atomic E-state index is 2.69. The van der Waals surface area contributed by atoms with E-state index in [1.54, 1.807) is 0 Å². The summed E-state index contributed by atoms with van der Waals surface area (Å²) in [7, 11) is 0. The fourth-order valence-corrected chi connectivity index (χ4v) is 12.7. The third-order valence-corrected chi connectivity index (χ3v) is 13.9. The van der Waals surface area contributed by atoms with E-state index in [-0.39, 0.29) is 0 Å². The van der Waals surface area contributed by atoms with E-state index in [4.69, 9.17) is 0 Å². The van der Waals surface area contributed by atoms with Gasteiger partial charge in [0.05, 0.1) is 0 Å². The first-order valence-corrected chi connectivity index (χ1v) is 17.5. The fourth-order valence-electron chi connectivity index (χ4n) is 12.7. The van der Waals surface area contributed by atoms with Crippen LogP contribution in [0, 0.1) is 58.2 Å². The topological polar surface area (TPSA) is 0 Å². The maximum Gasteiger partial charge on any atom is -0.0100 e. The Labute approximate surface area is 240 Å². The molecule has 0 aliphatic heterocycles. The average molecular weight is 525 g/mol. The van der Waals surface area contributed by atoms with Gasteiger partial charge in [0.25, 0.3) is 0 Å². The van der Waals surface area contributed by atoms with Crippen LogP contribution >= 0.6 is 0 Å². The van der Waals surface area contributed by atoms with E-state index in [1.165, 1.54) is 96.3 Å². The molecule has 0 aromatic rings. The Hall–Kier alpha value is -1.04. The molecule has 0 aromatic carbocycles. The summed E-state index contributed by atoms with van der Waals surface area (Å²) < 4.78 is 0. The summed E-state index contributed by atoms with van der Waals surface area (Å²) in [5.74, 6) is 7.24. The zero-order valence-corrected chi connectivity index (χ0v) is 26.2. The van der Waals surface area contributed by atoms with Crippen molar-refractivity contribution in [2.45, 2.75) is 138 Å². The third-order valence-electron chi connectivity index (χ3n) is 13.9. The van der Waals surface area contributed by atoms with Crippen LogP contribution in [0.25, 0.3) is 0 Å². The van der Waals surface area contributed by atoms with Gasteiger partial charge in [0.15, 0.2) is 0 Å². The van der Waals surface area contributed by atoms with Crippen molar-refractivity contribution in [2.24, 2.45) is 58.2 Å². The van der Waals surface area contributed by atoms with Gasteiger partial charge in [0.2, 0.25) is 0 Å². The summed E-state index contributed by atoms with van der Waals surface area (Å²) in [5, 5.41) is 0. The Morgan fingerprint density at radius 3 is 1.36 bits per heavy atom. The zero-order valence-electron chi connectivity index (χ0n) is 26.2. The van der Waals surface area contributed by atoms with Crippen LogP contribution in [0.1, 0.15) is 138 Å². The van der Waals surface area contributed by atoms with Gasteiger partial charge in [-0.15, -0.1) is 0 Å². The molecule has 2 fully saturated rings. The molecule has 0 N–H and O–H groups in total. The lowest BCUT2D eigenvalue weighted by Crippen LogP contribution is -2.31. The van der Waals surface area contributed by atoms with Crippen molar-refractivity contribution in [3.05, 3.63) is 44.6 Å². The van der Waals surface area contributed by atoms with Gasteiger partial charge < -0.3 is 0 Å². The van der Waals surface area contributed by atoms with Crippen LogP contribution in [0.3, 0.4) is 0 Å². The molecule has 0 heterocycles. The molecule has 212 valence electrons. The second-order valence-corrected chi connectivity index (χ2v) is 17.7. The first-order chi connectivity index (χ1) is 18.6. The summed E-state index contributed by atoms with van der Waals surface area (Å²) in [6, 6.07) is 0. The molecule has 0 nitrogen and oxygen atoms in total. The minimum atomic E-state index is 0.486. The van der Waals surface area contributed by atoms with E-state index in [1.807, 2.05) is 44.6 Å². The Bertz CT molecular complexity index is 1110. The molecular formula is C39H56. The van der Waals surface area contributed by atoms with Crippen molar-refractivity contribution in [3.8, 4) is 0 Å². The fraction of sp³-hybridized carbons (Fsp3) is 0.795. The molecule has 39 heavy (non-hydrogen) atoms. The summed E-state index contributed by atoms with van der Waals surface area (Å²) in [6.45, 7) is 15.7. The second-order valence-electron chi connectivity index (χ2n) is 17.7. The Morgan fingerprint density at radius 2 is 0.923 bits per heavy atom. The Balaban J connectivity index is 1.16. The lowest BCUT2D eigenvalue weighted by Gasteiger charge is -2.41. The molecule has 0 bridgehead atoms. The van der Waals surface area contributed by atoms with E-state index in [0.29, 0.717) is 10.8 Å². The van der Waals surface area contributed by atoms with Crippen molar-refractivity contribution >= 4 is 0 Å². The lowest BCUT2D eigenvalue weighted by molar-refractivity contribution is 0.203. The van der Waals surface area contributed by atoms with Crippen LogP contribution in [0.4, 0.5) is 0 Å². The summed E-state index contributed by atoms with van der Waals surface area (Å²) >= 11 is 0. The summed E-state index contributed by atoms with van der Waals surface area (Å²) in [6.07, 6.45) is 21.5. The standard InChI is InChI=1S/C39H56/c1-22-15-30-24-11-7-9-13-26(24)32-18-38(3,4)20-34(32)36(30)28(22)17-29-23(2)16-31-25-12-8-10-14-27(25)33-19-39(5,6)21-35(33)37(29)31/h22-23,28-31,36-37H,7-21H2,1-6H3. The van der Waals surface area contributed by atoms with Gasteiger partial charge in [-0.25, -0.2) is 0 Å². The van der Waals surface area contributed by atoms with Gasteiger partial charge in [-0.3, -0.25) is 0 Å². The van der Waals surface area contributed by atoms with E-state index < -0.39 is 0 Å². The lowest BCUT2D eigenvalue weighted by atomic mass is 9.63. The molecular weight excluding hydrogens is 468 g/mol. The molecule has 0 heteroatoms. The van der Waals surface area contributed by atoms with Gasteiger partial charge in [0, 0.05) is 0 Å². The number of allylic oxidation sites excluding steroid dienone is 8. The molecule has 0 amide bonds. The van der Waals surface area contributed by atoms with Crippen molar-refractivity contribution in [1.29, 1.82) is 0 Å². The predicted molar refractivity (Wildman–Crippen MR) is 164 cm³/mol. The highest BCUT2D eigenvalue weighted by atomic mass is 14.6.